The molecular weight excluding hydrogens is 286 g/mol. The Morgan fingerprint density at radius 3 is 2.45 bits per heavy atom. The smallest absolute Gasteiger partial charge is 0.344 e. The van der Waals surface area contributed by atoms with Crippen molar-refractivity contribution in [2.45, 2.75) is 0 Å². The molecule has 110 valence electrons. The lowest BCUT2D eigenvalue weighted by atomic mass is 10.1. The van der Waals surface area contributed by atoms with Crippen LogP contribution >= 0.6 is 0 Å². The van der Waals surface area contributed by atoms with Gasteiger partial charge < -0.3 is 9.15 Å². The summed E-state index contributed by atoms with van der Waals surface area (Å²) in [4.78, 5) is 22.3. The lowest BCUT2D eigenvalue weighted by molar-refractivity contribution is -0.384. The topological polar surface area (TPSA) is 82.6 Å². The number of hydrogen-bond donors (Lipinski definition) is 0. The van der Waals surface area contributed by atoms with Gasteiger partial charge in [-0.05, 0) is 42.0 Å². The minimum absolute atomic E-state index is 0.0319. The molecule has 3 aromatic rings. The monoisotopic (exact) mass is 297 g/mol. The van der Waals surface area contributed by atoms with Crippen molar-refractivity contribution >= 4 is 16.7 Å². The first-order valence-electron chi connectivity index (χ1n) is 6.45. The van der Waals surface area contributed by atoms with E-state index in [4.69, 9.17) is 9.15 Å². The van der Waals surface area contributed by atoms with Gasteiger partial charge in [0.2, 0.25) is 0 Å². The van der Waals surface area contributed by atoms with E-state index in [1.165, 1.54) is 24.3 Å². The molecule has 0 aliphatic heterocycles. The van der Waals surface area contributed by atoms with Crippen molar-refractivity contribution in [1.29, 1.82) is 0 Å². The molecule has 0 amide bonds. The van der Waals surface area contributed by atoms with E-state index in [0.29, 0.717) is 27.8 Å². The summed E-state index contributed by atoms with van der Waals surface area (Å²) in [5, 5.41) is 11.4. The number of fused-ring (bicyclic) bond motifs is 1. The number of nitrogens with zero attached hydrogens (tertiary/aromatic N) is 1. The van der Waals surface area contributed by atoms with E-state index in [1.54, 1.807) is 31.4 Å². The first kappa shape index (κ1) is 13.8. The first-order valence-corrected chi connectivity index (χ1v) is 6.45. The summed E-state index contributed by atoms with van der Waals surface area (Å²) in [5.74, 6) is 0.649. The number of hydrogen-bond acceptors (Lipinski definition) is 5. The third-order valence-electron chi connectivity index (χ3n) is 3.33. The molecule has 6 heteroatoms. The van der Waals surface area contributed by atoms with E-state index in [2.05, 4.69) is 0 Å². The highest BCUT2D eigenvalue weighted by atomic mass is 16.6. The van der Waals surface area contributed by atoms with Crippen molar-refractivity contribution in [3.8, 4) is 16.9 Å². The highest BCUT2D eigenvalue weighted by molar-refractivity contribution is 5.83. The predicted octanol–water partition coefficient (Wildman–Crippen LogP) is 3.38. The zero-order chi connectivity index (χ0) is 15.7. The van der Waals surface area contributed by atoms with Gasteiger partial charge in [-0.25, -0.2) is 4.79 Å². The molecule has 22 heavy (non-hydrogen) atoms. The third kappa shape index (κ3) is 2.42. The predicted molar refractivity (Wildman–Crippen MR) is 81.1 cm³/mol. The number of nitro groups is 1. The number of methoxy groups -OCH3 is 1. The molecule has 0 bridgehead atoms. The number of benzene rings is 2. The minimum atomic E-state index is -0.494. The molecule has 0 fully saturated rings. The fourth-order valence-corrected chi connectivity index (χ4v) is 2.19. The molecular formula is C16H11NO5. The third-order valence-corrected chi connectivity index (χ3v) is 3.33. The van der Waals surface area contributed by atoms with Crippen molar-refractivity contribution in [2.75, 3.05) is 7.11 Å². The summed E-state index contributed by atoms with van der Waals surface area (Å²) >= 11 is 0. The number of rotatable bonds is 3. The number of nitro benzene ring substituents is 1. The van der Waals surface area contributed by atoms with Crippen molar-refractivity contribution in [3.05, 3.63) is 69.1 Å². The molecule has 0 N–H and O–H groups in total. The van der Waals surface area contributed by atoms with Crippen molar-refractivity contribution < 1.29 is 14.1 Å². The minimum Gasteiger partial charge on any atom is -0.497 e. The lowest BCUT2D eigenvalue weighted by Crippen LogP contribution is -2.02. The SMILES string of the molecule is COc1ccc2oc(=O)c(-c3ccc([N+](=O)[O-])cc3)cc2c1. The Bertz CT molecular complexity index is 912. The standard InChI is InChI=1S/C16H11NO5/c1-21-13-6-7-15-11(8-13)9-14(16(18)22-15)10-2-4-12(5-3-10)17(19)20/h2-9H,1H3. The van der Waals surface area contributed by atoms with Gasteiger partial charge in [0.1, 0.15) is 11.3 Å². The average Bonchev–Trinajstić information content (AvgIpc) is 2.54. The molecule has 0 aliphatic carbocycles. The zero-order valence-electron chi connectivity index (χ0n) is 11.6. The van der Waals surface area contributed by atoms with Gasteiger partial charge in [-0.3, -0.25) is 10.1 Å². The van der Waals surface area contributed by atoms with E-state index in [9.17, 15) is 14.9 Å². The normalized spacial score (nSPS) is 10.6. The molecule has 0 spiro atoms. The molecule has 0 radical (unpaired) electrons. The van der Waals surface area contributed by atoms with Crippen LogP contribution in [0.2, 0.25) is 0 Å². The summed E-state index contributed by atoms with van der Waals surface area (Å²) < 4.78 is 10.4. The molecule has 3 rings (SSSR count). The van der Waals surface area contributed by atoms with E-state index in [-0.39, 0.29) is 5.69 Å². The van der Waals surface area contributed by atoms with Crippen LogP contribution in [0.3, 0.4) is 0 Å². The molecule has 0 unspecified atom stereocenters. The summed E-state index contributed by atoms with van der Waals surface area (Å²) in [5.41, 5.74) is 0.832. The average molecular weight is 297 g/mol. The Morgan fingerprint density at radius 1 is 1.09 bits per heavy atom. The maximum atomic E-state index is 12.1. The van der Waals surface area contributed by atoms with E-state index >= 15 is 0 Å². The van der Waals surface area contributed by atoms with Crippen LogP contribution in [0.1, 0.15) is 0 Å². The van der Waals surface area contributed by atoms with Gasteiger partial charge in [0.15, 0.2) is 0 Å². The van der Waals surface area contributed by atoms with Gasteiger partial charge in [0, 0.05) is 17.5 Å². The maximum Gasteiger partial charge on any atom is 0.344 e. The second kappa shape index (κ2) is 5.33. The van der Waals surface area contributed by atoms with Crippen molar-refractivity contribution in [3.63, 3.8) is 0 Å². The highest BCUT2D eigenvalue weighted by Gasteiger charge is 2.11. The fraction of sp³-hybridized carbons (Fsp3) is 0.0625. The summed E-state index contributed by atoms with van der Waals surface area (Å²) in [6.45, 7) is 0. The van der Waals surface area contributed by atoms with Crippen molar-refractivity contribution in [1.82, 2.24) is 0 Å². The van der Waals surface area contributed by atoms with Crippen molar-refractivity contribution in [2.24, 2.45) is 0 Å². The van der Waals surface area contributed by atoms with E-state index in [0.717, 1.165) is 0 Å². The van der Waals surface area contributed by atoms with Gasteiger partial charge in [0.05, 0.1) is 17.6 Å². The Kier molecular flexibility index (Phi) is 3.34. The highest BCUT2D eigenvalue weighted by Crippen LogP contribution is 2.25. The largest absolute Gasteiger partial charge is 0.497 e. The molecule has 1 heterocycles. The van der Waals surface area contributed by atoms with E-state index in [1.807, 2.05) is 0 Å². The first-order chi connectivity index (χ1) is 10.6. The Morgan fingerprint density at radius 2 is 1.82 bits per heavy atom. The summed E-state index contributed by atoms with van der Waals surface area (Å²) in [6.07, 6.45) is 0. The second-order valence-electron chi connectivity index (χ2n) is 4.66. The fourth-order valence-electron chi connectivity index (χ4n) is 2.19. The van der Waals surface area contributed by atoms with Crippen LogP contribution in [0, 0.1) is 10.1 Å². The molecule has 6 nitrogen and oxygen atoms in total. The Labute approximate surface area is 124 Å². The van der Waals surface area contributed by atoms with Gasteiger partial charge in [0.25, 0.3) is 5.69 Å². The quantitative estimate of drug-likeness (QED) is 0.420. The van der Waals surface area contributed by atoms with Crippen LogP contribution in [0.4, 0.5) is 5.69 Å². The Balaban J connectivity index is 2.15. The van der Waals surface area contributed by atoms with Crippen LogP contribution in [0.5, 0.6) is 5.75 Å². The van der Waals surface area contributed by atoms with Gasteiger partial charge in [-0.2, -0.15) is 0 Å². The lowest BCUT2D eigenvalue weighted by Gasteiger charge is -2.04. The zero-order valence-corrected chi connectivity index (χ0v) is 11.6. The molecule has 0 saturated heterocycles. The molecule has 0 aliphatic rings. The molecule has 0 saturated carbocycles. The number of non-ortho nitro benzene ring substituents is 1. The van der Waals surface area contributed by atoms with E-state index < -0.39 is 10.5 Å². The van der Waals surface area contributed by atoms with Gasteiger partial charge in [-0.1, -0.05) is 0 Å². The van der Waals surface area contributed by atoms with Crippen LogP contribution in [-0.4, -0.2) is 12.0 Å². The molecule has 0 atom stereocenters. The second-order valence-corrected chi connectivity index (χ2v) is 4.66. The van der Waals surface area contributed by atoms with Gasteiger partial charge in [-0.15, -0.1) is 0 Å². The van der Waals surface area contributed by atoms with Crippen LogP contribution in [-0.2, 0) is 0 Å². The van der Waals surface area contributed by atoms with Gasteiger partial charge >= 0.3 is 5.63 Å². The van der Waals surface area contributed by atoms with Crippen LogP contribution < -0.4 is 10.4 Å². The number of ether oxygens (including phenoxy) is 1. The molecule has 2 aromatic carbocycles. The Hall–Kier alpha value is -3.15. The molecule has 1 aromatic heterocycles. The van der Waals surface area contributed by atoms with Crippen LogP contribution in [0.25, 0.3) is 22.1 Å². The summed E-state index contributed by atoms with van der Waals surface area (Å²) in [6, 6.07) is 12.6. The van der Waals surface area contributed by atoms with Crippen LogP contribution in [0.15, 0.2) is 57.7 Å². The summed E-state index contributed by atoms with van der Waals surface area (Å²) in [7, 11) is 1.55. The maximum absolute atomic E-state index is 12.1.